The Labute approximate surface area is 187 Å². The van der Waals surface area contributed by atoms with E-state index in [-0.39, 0.29) is 17.6 Å². The van der Waals surface area contributed by atoms with E-state index in [1.54, 1.807) is 20.3 Å². The smallest absolute Gasteiger partial charge is 0.258 e. The van der Waals surface area contributed by atoms with Crippen molar-refractivity contribution in [2.75, 3.05) is 14.2 Å². The lowest BCUT2D eigenvalue weighted by molar-refractivity contribution is 0.412. The Kier molecular flexibility index (Phi) is 6.52. The summed E-state index contributed by atoms with van der Waals surface area (Å²) in [5, 5.41) is 4.24. The molecule has 2 atom stereocenters. The van der Waals surface area contributed by atoms with E-state index in [0.717, 1.165) is 23.5 Å². The second-order valence-electron chi connectivity index (χ2n) is 7.73. The molecule has 0 bridgehead atoms. The Bertz CT molecular complexity index is 1230. The zero-order chi connectivity index (χ0) is 22.5. The summed E-state index contributed by atoms with van der Waals surface area (Å²) < 4.78 is 10.6. The number of nitrogens with one attached hydrogen (secondary N) is 2. The third kappa shape index (κ3) is 4.81. The summed E-state index contributed by atoms with van der Waals surface area (Å²) in [7, 11) is 3.32. The lowest BCUT2D eigenvalue weighted by Gasteiger charge is -2.24. The molecule has 2 unspecified atom stereocenters. The second-order valence-corrected chi connectivity index (χ2v) is 7.73. The van der Waals surface area contributed by atoms with Crippen molar-refractivity contribution < 1.29 is 9.47 Å². The summed E-state index contributed by atoms with van der Waals surface area (Å²) >= 11 is 0. The molecular formula is C26H27N3O3. The van der Waals surface area contributed by atoms with Crippen LogP contribution in [-0.4, -0.2) is 24.2 Å². The van der Waals surface area contributed by atoms with E-state index >= 15 is 0 Å². The van der Waals surface area contributed by atoms with Crippen LogP contribution in [0.5, 0.6) is 11.5 Å². The molecule has 3 aromatic carbocycles. The van der Waals surface area contributed by atoms with Crippen molar-refractivity contribution in [3.05, 3.63) is 100 Å². The van der Waals surface area contributed by atoms with E-state index in [4.69, 9.17) is 9.47 Å². The third-order valence-electron chi connectivity index (χ3n) is 5.61. The molecule has 6 nitrogen and oxygen atoms in total. The predicted molar refractivity (Wildman–Crippen MR) is 126 cm³/mol. The number of methoxy groups -OCH3 is 2. The van der Waals surface area contributed by atoms with Crippen molar-refractivity contribution in [2.24, 2.45) is 0 Å². The first-order valence-corrected chi connectivity index (χ1v) is 10.6. The first-order chi connectivity index (χ1) is 15.6. The van der Waals surface area contributed by atoms with Gasteiger partial charge in [0.2, 0.25) is 0 Å². The van der Waals surface area contributed by atoms with Gasteiger partial charge in [-0.15, -0.1) is 0 Å². The Balaban J connectivity index is 1.63. The SMILES string of the molecule is COc1ccc(CC(NC(C)c2nc3ccccc3c(=O)[nH]2)c2ccc(OC)cc2)cc1. The molecular weight excluding hydrogens is 402 g/mol. The molecule has 2 N–H and O–H groups in total. The van der Waals surface area contributed by atoms with E-state index in [0.29, 0.717) is 16.7 Å². The summed E-state index contributed by atoms with van der Waals surface area (Å²) in [6.45, 7) is 2.01. The number of nitrogens with zero attached hydrogens (tertiary/aromatic N) is 1. The molecule has 0 aliphatic carbocycles. The molecule has 32 heavy (non-hydrogen) atoms. The molecule has 1 heterocycles. The standard InChI is InChI=1S/C26H27N3O3/c1-17(25-28-23-7-5-4-6-22(23)26(30)29-25)27-24(19-10-14-21(32-3)15-11-19)16-18-8-12-20(31-2)13-9-18/h4-15,17,24,27H,16H2,1-3H3,(H,28,29,30). The minimum absolute atomic E-state index is 0.000994. The van der Waals surface area contributed by atoms with Crippen molar-refractivity contribution in [3.63, 3.8) is 0 Å². The molecule has 164 valence electrons. The van der Waals surface area contributed by atoms with Gasteiger partial charge in [0.25, 0.3) is 5.56 Å². The van der Waals surface area contributed by atoms with Crippen molar-refractivity contribution in [1.82, 2.24) is 15.3 Å². The van der Waals surface area contributed by atoms with E-state index in [1.165, 1.54) is 5.56 Å². The normalized spacial score (nSPS) is 13.0. The number of fused-ring (bicyclic) bond motifs is 1. The van der Waals surface area contributed by atoms with Gasteiger partial charge < -0.3 is 19.8 Å². The number of ether oxygens (including phenoxy) is 2. The highest BCUT2D eigenvalue weighted by Gasteiger charge is 2.19. The number of benzene rings is 3. The minimum Gasteiger partial charge on any atom is -0.497 e. The Morgan fingerprint density at radius 2 is 1.53 bits per heavy atom. The topological polar surface area (TPSA) is 76.2 Å². The fraction of sp³-hybridized carbons (Fsp3) is 0.231. The summed E-state index contributed by atoms with van der Waals surface area (Å²) in [5.41, 5.74) is 2.86. The molecule has 0 saturated heterocycles. The Hall–Kier alpha value is -3.64. The summed E-state index contributed by atoms with van der Waals surface area (Å²) in [4.78, 5) is 20.2. The van der Waals surface area contributed by atoms with Crippen LogP contribution in [0.3, 0.4) is 0 Å². The fourth-order valence-corrected chi connectivity index (χ4v) is 3.80. The van der Waals surface area contributed by atoms with Crippen LogP contribution < -0.4 is 20.3 Å². The Morgan fingerprint density at radius 1 is 0.906 bits per heavy atom. The molecule has 6 heteroatoms. The summed E-state index contributed by atoms with van der Waals surface area (Å²) in [5.74, 6) is 2.25. The van der Waals surface area contributed by atoms with Gasteiger partial charge in [-0.2, -0.15) is 0 Å². The maximum absolute atomic E-state index is 12.5. The first-order valence-electron chi connectivity index (χ1n) is 10.6. The van der Waals surface area contributed by atoms with Gasteiger partial charge in [-0.1, -0.05) is 36.4 Å². The largest absolute Gasteiger partial charge is 0.497 e. The van der Waals surface area contributed by atoms with Crippen molar-refractivity contribution >= 4 is 10.9 Å². The number of rotatable bonds is 8. The van der Waals surface area contributed by atoms with Crippen molar-refractivity contribution in [3.8, 4) is 11.5 Å². The van der Waals surface area contributed by atoms with Gasteiger partial charge in [-0.3, -0.25) is 4.79 Å². The molecule has 4 rings (SSSR count). The van der Waals surface area contributed by atoms with Crippen LogP contribution in [0.15, 0.2) is 77.6 Å². The summed E-state index contributed by atoms with van der Waals surface area (Å²) in [6.07, 6.45) is 0.762. The minimum atomic E-state index is -0.169. The molecule has 0 fully saturated rings. The number of H-pyrrole nitrogens is 1. The molecule has 0 radical (unpaired) electrons. The number of hydrogen-bond acceptors (Lipinski definition) is 5. The highest BCUT2D eigenvalue weighted by atomic mass is 16.5. The lowest BCUT2D eigenvalue weighted by Crippen LogP contribution is -2.29. The van der Waals surface area contributed by atoms with Gasteiger partial charge in [-0.05, 0) is 60.9 Å². The van der Waals surface area contributed by atoms with Crippen LogP contribution in [-0.2, 0) is 6.42 Å². The number of hydrogen-bond donors (Lipinski definition) is 2. The molecule has 1 aromatic heterocycles. The number of aromatic amines is 1. The van der Waals surface area contributed by atoms with E-state index in [1.807, 2.05) is 49.4 Å². The zero-order valence-corrected chi connectivity index (χ0v) is 18.5. The Morgan fingerprint density at radius 3 is 2.19 bits per heavy atom. The monoisotopic (exact) mass is 429 g/mol. The molecule has 0 aliphatic heterocycles. The molecule has 0 saturated carbocycles. The van der Waals surface area contributed by atoms with Gasteiger partial charge in [0, 0.05) is 6.04 Å². The van der Waals surface area contributed by atoms with Gasteiger partial charge in [0.05, 0.1) is 31.2 Å². The van der Waals surface area contributed by atoms with Crippen LogP contribution in [0, 0.1) is 0 Å². The second kappa shape index (κ2) is 9.66. The molecule has 0 amide bonds. The van der Waals surface area contributed by atoms with Crippen LogP contribution in [0.2, 0.25) is 0 Å². The average Bonchev–Trinajstić information content (AvgIpc) is 2.84. The zero-order valence-electron chi connectivity index (χ0n) is 18.5. The van der Waals surface area contributed by atoms with Gasteiger partial charge in [0.15, 0.2) is 0 Å². The van der Waals surface area contributed by atoms with Gasteiger partial charge in [0.1, 0.15) is 17.3 Å². The fourth-order valence-electron chi connectivity index (χ4n) is 3.80. The van der Waals surface area contributed by atoms with Gasteiger partial charge >= 0.3 is 0 Å². The van der Waals surface area contributed by atoms with Crippen molar-refractivity contribution in [2.45, 2.75) is 25.4 Å². The highest BCUT2D eigenvalue weighted by Crippen LogP contribution is 2.25. The molecule has 4 aromatic rings. The van der Waals surface area contributed by atoms with E-state index in [9.17, 15) is 4.79 Å². The quantitative estimate of drug-likeness (QED) is 0.429. The maximum atomic E-state index is 12.5. The van der Waals surface area contributed by atoms with E-state index in [2.05, 4.69) is 39.6 Å². The van der Waals surface area contributed by atoms with E-state index < -0.39 is 0 Å². The van der Waals surface area contributed by atoms with Gasteiger partial charge in [-0.25, -0.2) is 4.98 Å². The number of para-hydroxylation sites is 1. The van der Waals surface area contributed by atoms with Crippen LogP contribution in [0.4, 0.5) is 0 Å². The number of aromatic nitrogens is 2. The van der Waals surface area contributed by atoms with Crippen molar-refractivity contribution in [1.29, 1.82) is 0 Å². The predicted octanol–water partition coefficient (Wildman–Crippen LogP) is 4.57. The lowest BCUT2D eigenvalue weighted by atomic mass is 9.97. The highest BCUT2D eigenvalue weighted by molar-refractivity contribution is 5.77. The van der Waals surface area contributed by atoms with Crippen LogP contribution in [0.25, 0.3) is 10.9 Å². The molecule has 0 spiro atoms. The first kappa shape index (κ1) is 21.6. The molecule has 0 aliphatic rings. The third-order valence-corrected chi connectivity index (χ3v) is 5.61. The van der Waals surface area contributed by atoms with Crippen LogP contribution >= 0.6 is 0 Å². The average molecular weight is 430 g/mol. The maximum Gasteiger partial charge on any atom is 0.258 e. The summed E-state index contributed by atoms with van der Waals surface area (Å²) in [6, 6.07) is 23.3. The van der Waals surface area contributed by atoms with Crippen LogP contribution in [0.1, 0.15) is 36.0 Å².